The maximum atomic E-state index is 12.3. The molecule has 0 bridgehead atoms. The summed E-state index contributed by atoms with van der Waals surface area (Å²) in [7, 11) is 1.98. The minimum atomic E-state index is -0.0320. The van der Waals surface area contributed by atoms with Gasteiger partial charge < -0.3 is 15.2 Å². The summed E-state index contributed by atoms with van der Waals surface area (Å²) in [5.41, 5.74) is 0.924. The standard InChI is InChI=1S/C14H20N6OS.ClH/c1-10-9-22-14(17-10)18-12(21)8-20-6-3-15-7-11(20)13-16-4-5-19(13)2;/h4-5,9,11,15H,3,6-8H2,1-2H3,(H,17,18,21);1H. The highest BCUT2D eigenvalue weighted by Crippen LogP contribution is 2.20. The fourth-order valence-corrected chi connectivity index (χ4v) is 3.35. The van der Waals surface area contributed by atoms with Crippen LogP contribution in [0.1, 0.15) is 17.6 Å². The molecule has 0 aromatic carbocycles. The zero-order valence-corrected chi connectivity index (χ0v) is 14.8. The van der Waals surface area contributed by atoms with Gasteiger partial charge in [0.1, 0.15) is 5.82 Å². The topological polar surface area (TPSA) is 75.1 Å². The molecule has 1 unspecified atom stereocenters. The highest BCUT2D eigenvalue weighted by molar-refractivity contribution is 7.13. The normalized spacial score (nSPS) is 18.4. The van der Waals surface area contributed by atoms with E-state index in [0.717, 1.165) is 31.2 Å². The summed E-state index contributed by atoms with van der Waals surface area (Å²) < 4.78 is 2.01. The molecular weight excluding hydrogens is 336 g/mol. The SMILES string of the molecule is Cc1csc(NC(=O)CN2CCNCC2c2nccn2C)n1.Cl. The number of carbonyl (C=O) groups excluding carboxylic acids is 1. The average Bonchev–Trinajstić information content (AvgIpc) is 3.08. The first-order valence-corrected chi connectivity index (χ1v) is 8.15. The first-order valence-electron chi connectivity index (χ1n) is 7.27. The molecule has 2 aromatic heterocycles. The number of hydrogen-bond donors (Lipinski definition) is 2. The van der Waals surface area contributed by atoms with Crippen LogP contribution in [-0.2, 0) is 11.8 Å². The lowest BCUT2D eigenvalue weighted by molar-refractivity contribution is -0.118. The van der Waals surface area contributed by atoms with E-state index in [1.807, 2.05) is 30.1 Å². The third kappa shape index (κ3) is 4.29. The molecular formula is C14H21ClN6OS. The van der Waals surface area contributed by atoms with Crippen LogP contribution in [0.15, 0.2) is 17.8 Å². The molecule has 1 fully saturated rings. The molecule has 0 saturated carbocycles. The molecule has 2 aromatic rings. The van der Waals surface area contributed by atoms with Crippen LogP contribution in [0.2, 0.25) is 0 Å². The number of amides is 1. The second-order valence-electron chi connectivity index (χ2n) is 5.43. The summed E-state index contributed by atoms with van der Waals surface area (Å²) in [4.78, 5) is 23.1. The lowest BCUT2D eigenvalue weighted by Crippen LogP contribution is -2.49. The molecule has 126 valence electrons. The second-order valence-corrected chi connectivity index (χ2v) is 6.29. The van der Waals surface area contributed by atoms with Gasteiger partial charge in [0.05, 0.1) is 18.3 Å². The Morgan fingerprint density at radius 1 is 1.57 bits per heavy atom. The monoisotopic (exact) mass is 356 g/mol. The van der Waals surface area contributed by atoms with Gasteiger partial charge in [-0.15, -0.1) is 23.7 Å². The van der Waals surface area contributed by atoms with Crippen molar-refractivity contribution in [3.05, 3.63) is 29.3 Å². The van der Waals surface area contributed by atoms with E-state index in [1.165, 1.54) is 11.3 Å². The number of halogens is 1. The highest BCUT2D eigenvalue weighted by Gasteiger charge is 2.28. The van der Waals surface area contributed by atoms with Crippen LogP contribution in [-0.4, -0.2) is 51.5 Å². The third-order valence-corrected chi connectivity index (χ3v) is 4.60. The number of thiazole rings is 1. The molecule has 1 aliphatic heterocycles. The number of aromatic nitrogens is 3. The molecule has 1 atom stereocenters. The van der Waals surface area contributed by atoms with E-state index in [1.54, 1.807) is 6.20 Å². The van der Waals surface area contributed by atoms with E-state index < -0.39 is 0 Å². The summed E-state index contributed by atoms with van der Waals surface area (Å²) in [6, 6.07) is 0.109. The number of piperazine rings is 1. The number of hydrogen-bond acceptors (Lipinski definition) is 6. The number of rotatable bonds is 4. The van der Waals surface area contributed by atoms with Gasteiger partial charge in [0.2, 0.25) is 5.91 Å². The van der Waals surface area contributed by atoms with Gasteiger partial charge in [-0.05, 0) is 6.92 Å². The zero-order chi connectivity index (χ0) is 15.5. The van der Waals surface area contributed by atoms with Gasteiger partial charge in [0.25, 0.3) is 0 Å². The first kappa shape index (κ1) is 17.9. The maximum absolute atomic E-state index is 12.3. The van der Waals surface area contributed by atoms with Crippen LogP contribution in [0.5, 0.6) is 0 Å². The van der Waals surface area contributed by atoms with E-state index in [2.05, 4.69) is 25.5 Å². The fourth-order valence-electron chi connectivity index (χ4n) is 2.64. The Morgan fingerprint density at radius 2 is 2.39 bits per heavy atom. The molecule has 7 nitrogen and oxygen atoms in total. The maximum Gasteiger partial charge on any atom is 0.240 e. The highest BCUT2D eigenvalue weighted by atomic mass is 35.5. The Kier molecular flexibility index (Phi) is 6.11. The molecule has 9 heteroatoms. The Balaban J connectivity index is 0.00000192. The van der Waals surface area contributed by atoms with Crippen LogP contribution in [0.25, 0.3) is 0 Å². The minimum absolute atomic E-state index is 0. The van der Waals surface area contributed by atoms with Gasteiger partial charge in [0.15, 0.2) is 5.13 Å². The first-order chi connectivity index (χ1) is 10.6. The summed E-state index contributed by atoms with van der Waals surface area (Å²) in [6.45, 7) is 4.76. The predicted molar refractivity (Wildman–Crippen MR) is 93.1 cm³/mol. The number of anilines is 1. The van der Waals surface area contributed by atoms with Crippen molar-refractivity contribution in [3.63, 3.8) is 0 Å². The van der Waals surface area contributed by atoms with Gasteiger partial charge in [-0.2, -0.15) is 0 Å². The van der Waals surface area contributed by atoms with Crippen molar-refractivity contribution in [1.29, 1.82) is 0 Å². The molecule has 0 aliphatic carbocycles. The van der Waals surface area contributed by atoms with E-state index in [0.29, 0.717) is 11.7 Å². The van der Waals surface area contributed by atoms with Crippen molar-refractivity contribution >= 4 is 34.8 Å². The zero-order valence-electron chi connectivity index (χ0n) is 13.2. The molecule has 23 heavy (non-hydrogen) atoms. The van der Waals surface area contributed by atoms with E-state index in [-0.39, 0.29) is 24.4 Å². The smallest absolute Gasteiger partial charge is 0.240 e. The van der Waals surface area contributed by atoms with Crippen LogP contribution in [0.3, 0.4) is 0 Å². The van der Waals surface area contributed by atoms with Gasteiger partial charge in [0, 0.05) is 44.5 Å². The van der Waals surface area contributed by atoms with Crippen molar-refractivity contribution < 1.29 is 4.79 Å². The molecule has 3 rings (SSSR count). The summed E-state index contributed by atoms with van der Waals surface area (Å²) in [5.74, 6) is 0.945. The minimum Gasteiger partial charge on any atom is -0.337 e. The van der Waals surface area contributed by atoms with E-state index in [4.69, 9.17) is 0 Å². The van der Waals surface area contributed by atoms with Crippen molar-refractivity contribution in [2.75, 3.05) is 31.5 Å². The average molecular weight is 357 g/mol. The summed E-state index contributed by atoms with van der Waals surface area (Å²) >= 11 is 1.45. The van der Waals surface area contributed by atoms with Gasteiger partial charge in [-0.3, -0.25) is 9.69 Å². The Morgan fingerprint density at radius 3 is 3.04 bits per heavy atom. The molecule has 3 heterocycles. The molecule has 1 amide bonds. The Hall–Kier alpha value is -1.48. The lowest BCUT2D eigenvalue weighted by Gasteiger charge is -2.35. The largest absolute Gasteiger partial charge is 0.337 e. The number of carbonyl (C=O) groups is 1. The van der Waals surface area contributed by atoms with Gasteiger partial charge in [-0.25, -0.2) is 9.97 Å². The Labute approximate surface area is 145 Å². The van der Waals surface area contributed by atoms with Crippen LogP contribution >= 0.6 is 23.7 Å². The lowest BCUT2D eigenvalue weighted by atomic mass is 10.1. The van der Waals surface area contributed by atoms with Crippen LogP contribution in [0.4, 0.5) is 5.13 Å². The van der Waals surface area contributed by atoms with Gasteiger partial charge >= 0.3 is 0 Å². The number of imidazole rings is 1. The Bertz CT molecular complexity index is 657. The molecule has 2 N–H and O–H groups in total. The number of nitrogens with one attached hydrogen (secondary N) is 2. The van der Waals surface area contributed by atoms with Crippen LogP contribution < -0.4 is 10.6 Å². The van der Waals surface area contributed by atoms with Crippen molar-refractivity contribution in [3.8, 4) is 0 Å². The molecule has 1 saturated heterocycles. The third-order valence-electron chi connectivity index (χ3n) is 3.72. The fraction of sp³-hybridized carbons (Fsp3) is 0.500. The molecule has 0 radical (unpaired) electrons. The summed E-state index contributed by atoms with van der Waals surface area (Å²) in [5, 5.41) is 8.83. The molecule has 1 aliphatic rings. The van der Waals surface area contributed by atoms with Crippen LogP contribution in [0, 0.1) is 6.92 Å². The quantitative estimate of drug-likeness (QED) is 0.860. The predicted octanol–water partition coefficient (Wildman–Crippen LogP) is 1.19. The summed E-state index contributed by atoms with van der Waals surface area (Å²) in [6.07, 6.45) is 3.72. The second kappa shape index (κ2) is 7.87. The van der Waals surface area contributed by atoms with Crippen molar-refractivity contribution in [1.82, 2.24) is 24.8 Å². The van der Waals surface area contributed by atoms with E-state index >= 15 is 0 Å². The van der Waals surface area contributed by atoms with Crippen molar-refractivity contribution in [2.45, 2.75) is 13.0 Å². The number of nitrogens with zero attached hydrogens (tertiary/aromatic N) is 4. The molecule has 0 spiro atoms. The van der Waals surface area contributed by atoms with Crippen molar-refractivity contribution in [2.24, 2.45) is 7.05 Å². The van der Waals surface area contributed by atoms with Gasteiger partial charge in [-0.1, -0.05) is 0 Å². The van der Waals surface area contributed by atoms with E-state index in [9.17, 15) is 4.79 Å². The number of aryl methyl sites for hydroxylation is 2.